The van der Waals surface area contributed by atoms with Crippen LogP contribution in [0.3, 0.4) is 0 Å². The molecule has 0 bridgehead atoms. The topological polar surface area (TPSA) is 141 Å². The van der Waals surface area contributed by atoms with Crippen LogP contribution in [0.2, 0.25) is 0 Å². The van der Waals surface area contributed by atoms with Crippen LogP contribution in [0.25, 0.3) is 0 Å². The van der Waals surface area contributed by atoms with E-state index in [0.717, 1.165) is 64.2 Å². The molecule has 0 heterocycles. The van der Waals surface area contributed by atoms with Crippen LogP contribution in [0.5, 0.6) is 0 Å². The van der Waals surface area contributed by atoms with Crippen molar-refractivity contribution < 1.29 is 18.9 Å². The number of nitrogens with two attached hydrogens (primary N) is 4. The molecule has 0 rings (SSSR count). The van der Waals surface area contributed by atoms with Crippen molar-refractivity contribution in [3.05, 3.63) is 0 Å². The van der Waals surface area contributed by atoms with Crippen LogP contribution >= 0.6 is 0 Å². The van der Waals surface area contributed by atoms with Gasteiger partial charge in [0.15, 0.2) is 0 Å². The average Bonchev–Trinajstić information content (AvgIpc) is 2.79. The monoisotopic (exact) mass is 673 g/mol. The first-order chi connectivity index (χ1) is 20.8. The quantitative estimate of drug-likeness (QED) is 0.0724. The normalized spacial score (nSPS) is 17.1. The second-order valence-electron chi connectivity index (χ2n) is 19.7. The molecule has 0 saturated heterocycles. The van der Waals surface area contributed by atoms with Gasteiger partial charge in [0.25, 0.3) is 0 Å². The molecule has 284 valence electrons. The maximum atomic E-state index is 6.79. The van der Waals surface area contributed by atoms with Crippen LogP contribution in [0.1, 0.15) is 175 Å². The summed E-state index contributed by atoms with van der Waals surface area (Å²) in [6, 6.07) is 0. The lowest BCUT2D eigenvalue weighted by Gasteiger charge is -2.51. The highest BCUT2D eigenvalue weighted by Gasteiger charge is 2.48. The van der Waals surface area contributed by atoms with Gasteiger partial charge in [-0.1, -0.05) is 13.8 Å². The van der Waals surface area contributed by atoms with Gasteiger partial charge in [-0.25, -0.2) is 0 Å². The highest BCUT2D eigenvalue weighted by atomic mass is 16.5. The Morgan fingerprint density at radius 3 is 0.957 bits per heavy atom. The standard InChI is InChI=1S/C39H84N4O4/c1-17-37(15,43)22-26-46-36(13,14)29-39(27-34(9,10)44-23-19-31(3,4)40,28-35(11,12)45-24-20-32(5,6)41)30-38(16,18-2)47-25-21-33(7,8)42/h17-30,40-43H2,1-16H3. The molecule has 0 aromatic carbocycles. The summed E-state index contributed by atoms with van der Waals surface area (Å²) in [4.78, 5) is 0. The molecule has 0 saturated carbocycles. The molecule has 0 radical (unpaired) electrons. The first-order valence-electron chi connectivity index (χ1n) is 18.5. The molecule has 47 heavy (non-hydrogen) atoms. The zero-order chi connectivity index (χ0) is 37.2. The largest absolute Gasteiger partial charge is 0.375 e. The van der Waals surface area contributed by atoms with Gasteiger partial charge >= 0.3 is 0 Å². The van der Waals surface area contributed by atoms with Crippen molar-refractivity contribution in [3.63, 3.8) is 0 Å². The van der Waals surface area contributed by atoms with E-state index in [1.54, 1.807) is 0 Å². The summed E-state index contributed by atoms with van der Waals surface area (Å²) in [6.45, 7) is 36.7. The van der Waals surface area contributed by atoms with Crippen LogP contribution in [0.4, 0.5) is 0 Å². The van der Waals surface area contributed by atoms with Crippen LogP contribution in [0.15, 0.2) is 0 Å². The first-order valence-corrected chi connectivity index (χ1v) is 18.5. The fourth-order valence-electron chi connectivity index (χ4n) is 6.79. The van der Waals surface area contributed by atoms with Gasteiger partial charge < -0.3 is 41.9 Å². The summed E-state index contributed by atoms with van der Waals surface area (Å²) in [5, 5.41) is 0. The van der Waals surface area contributed by atoms with Gasteiger partial charge in [0.2, 0.25) is 0 Å². The lowest BCUT2D eigenvalue weighted by Crippen LogP contribution is -2.49. The Labute approximate surface area is 292 Å². The van der Waals surface area contributed by atoms with Gasteiger partial charge in [0.05, 0.1) is 22.4 Å². The van der Waals surface area contributed by atoms with Crippen molar-refractivity contribution in [1.82, 2.24) is 0 Å². The lowest BCUT2D eigenvalue weighted by atomic mass is 9.61. The van der Waals surface area contributed by atoms with E-state index >= 15 is 0 Å². The maximum absolute atomic E-state index is 6.79. The van der Waals surface area contributed by atoms with Gasteiger partial charge in [-0.3, -0.25) is 0 Å². The predicted octanol–water partition coefficient (Wildman–Crippen LogP) is 8.00. The molecule has 0 aromatic rings. The summed E-state index contributed by atoms with van der Waals surface area (Å²) in [5.74, 6) is 0. The number of rotatable bonds is 26. The van der Waals surface area contributed by atoms with Crippen molar-refractivity contribution in [2.45, 2.75) is 220 Å². The molecule has 0 amide bonds. The third-order valence-electron chi connectivity index (χ3n) is 9.55. The molecule has 2 atom stereocenters. The van der Waals surface area contributed by atoms with Crippen molar-refractivity contribution in [2.75, 3.05) is 26.4 Å². The molecule has 8 heteroatoms. The average molecular weight is 673 g/mol. The highest BCUT2D eigenvalue weighted by Crippen LogP contribution is 2.51. The Morgan fingerprint density at radius 2 is 0.681 bits per heavy atom. The summed E-state index contributed by atoms with van der Waals surface area (Å²) in [7, 11) is 0. The minimum absolute atomic E-state index is 0.252. The minimum Gasteiger partial charge on any atom is -0.375 e. The Kier molecular flexibility index (Phi) is 17.6. The molecule has 0 aliphatic heterocycles. The van der Waals surface area contributed by atoms with Gasteiger partial charge in [-0.15, -0.1) is 0 Å². The van der Waals surface area contributed by atoms with E-state index in [4.69, 9.17) is 41.9 Å². The smallest absolute Gasteiger partial charge is 0.0657 e. The summed E-state index contributed by atoms with van der Waals surface area (Å²) in [6.07, 6.45) is 8.15. The zero-order valence-corrected chi connectivity index (χ0v) is 34.3. The highest BCUT2D eigenvalue weighted by molar-refractivity contribution is 5.00. The van der Waals surface area contributed by atoms with E-state index in [2.05, 4.69) is 83.1 Å². The van der Waals surface area contributed by atoms with Gasteiger partial charge in [0, 0.05) is 48.6 Å². The molecule has 2 unspecified atom stereocenters. The summed E-state index contributed by atoms with van der Waals surface area (Å²) in [5.41, 5.74) is 22.5. The molecule has 0 fully saturated rings. The SMILES string of the molecule is CCC(C)(N)CCOC(C)(C)CC(CC(C)(C)OCCC(C)(C)N)(CC(C)(C)OCCC(C)(C)N)CC(C)(CC)OCCC(C)(C)N. The number of hydrogen-bond acceptors (Lipinski definition) is 8. The van der Waals surface area contributed by atoms with Gasteiger partial charge in [0.1, 0.15) is 0 Å². The first kappa shape index (κ1) is 46.7. The van der Waals surface area contributed by atoms with Crippen LogP contribution in [0, 0.1) is 5.41 Å². The Bertz CT molecular complexity index is 847. The van der Waals surface area contributed by atoms with E-state index in [1.807, 2.05) is 27.7 Å². The van der Waals surface area contributed by atoms with E-state index in [9.17, 15) is 0 Å². The Balaban J connectivity index is 6.84. The van der Waals surface area contributed by atoms with Gasteiger partial charge in [-0.05, 0) is 167 Å². The minimum atomic E-state index is -0.428. The number of ether oxygens (including phenoxy) is 4. The van der Waals surface area contributed by atoms with Crippen molar-refractivity contribution in [2.24, 2.45) is 28.3 Å². The van der Waals surface area contributed by atoms with E-state index in [0.29, 0.717) is 26.4 Å². The van der Waals surface area contributed by atoms with Crippen molar-refractivity contribution in [1.29, 1.82) is 0 Å². The molecule has 0 aromatic heterocycles. The van der Waals surface area contributed by atoms with E-state index in [1.165, 1.54) is 0 Å². The predicted molar refractivity (Wildman–Crippen MR) is 202 cm³/mol. The Hall–Kier alpha value is -0.320. The fraction of sp³-hybridized carbons (Fsp3) is 1.00. The van der Waals surface area contributed by atoms with Crippen LogP contribution in [-0.4, -0.2) is 71.0 Å². The molecule has 8 nitrogen and oxygen atoms in total. The third-order valence-corrected chi connectivity index (χ3v) is 9.55. The van der Waals surface area contributed by atoms with Crippen molar-refractivity contribution in [3.8, 4) is 0 Å². The second kappa shape index (κ2) is 17.7. The third kappa shape index (κ3) is 22.9. The Morgan fingerprint density at radius 1 is 0.383 bits per heavy atom. The zero-order valence-electron chi connectivity index (χ0n) is 34.3. The van der Waals surface area contributed by atoms with Gasteiger partial charge in [-0.2, -0.15) is 0 Å². The molecule has 0 aliphatic carbocycles. The number of hydrogen-bond donors (Lipinski definition) is 4. The van der Waals surface area contributed by atoms with Crippen LogP contribution in [-0.2, 0) is 18.9 Å². The molecule has 0 aliphatic rings. The molecule has 0 spiro atoms. The second-order valence-corrected chi connectivity index (χ2v) is 19.7. The van der Waals surface area contributed by atoms with Crippen molar-refractivity contribution >= 4 is 0 Å². The fourth-order valence-corrected chi connectivity index (χ4v) is 6.79. The summed E-state index contributed by atoms with van der Waals surface area (Å²) < 4.78 is 26.9. The molecular weight excluding hydrogens is 588 g/mol. The van der Waals surface area contributed by atoms with E-state index in [-0.39, 0.29) is 33.2 Å². The van der Waals surface area contributed by atoms with E-state index < -0.39 is 16.8 Å². The maximum Gasteiger partial charge on any atom is 0.0657 e. The lowest BCUT2D eigenvalue weighted by molar-refractivity contribution is -0.150. The van der Waals surface area contributed by atoms with Crippen LogP contribution < -0.4 is 22.9 Å². The summed E-state index contributed by atoms with van der Waals surface area (Å²) >= 11 is 0. The molecular formula is C39H84N4O4. The molecule has 8 N–H and O–H groups in total.